The van der Waals surface area contributed by atoms with Crippen molar-refractivity contribution in [2.45, 2.75) is 121 Å². The standard InChI is InChI=1S/C36H49N3O7S/c1-36(2,3)46-33(40)16-14-12-10-8-6-4-5-7-9-11-13-15-28-17-21-31(22-18-28)45-27-29-19-23-32(24-20-29)47(43,44)39-35-37-25-30(26-38-35)34(41)42/h17-26H,4-16,27H2,1-3H3,(H,41,42)(H,37,38,39). The molecule has 256 valence electrons. The number of hydrogen-bond donors (Lipinski definition) is 2. The number of carboxylic acid groups (broad SMARTS) is 1. The first kappa shape index (κ1) is 37.5. The molecule has 2 aromatic carbocycles. The minimum absolute atomic E-state index is 0.0248. The van der Waals surface area contributed by atoms with Crippen molar-refractivity contribution in [1.29, 1.82) is 0 Å². The quantitative estimate of drug-likeness (QED) is 0.0850. The van der Waals surface area contributed by atoms with Crippen molar-refractivity contribution < 1.29 is 32.6 Å². The molecule has 47 heavy (non-hydrogen) atoms. The molecule has 0 saturated carbocycles. The average molecular weight is 668 g/mol. The maximum absolute atomic E-state index is 12.6. The number of benzene rings is 2. The molecule has 0 saturated heterocycles. The summed E-state index contributed by atoms with van der Waals surface area (Å²) in [6.07, 6.45) is 16.9. The molecule has 0 spiro atoms. The zero-order valence-electron chi connectivity index (χ0n) is 27.9. The van der Waals surface area contributed by atoms with Gasteiger partial charge in [0, 0.05) is 18.8 Å². The third kappa shape index (κ3) is 15.0. The normalized spacial score (nSPS) is 11.6. The maximum Gasteiger partial charge on any atom is 0.338 e. The van der Waals surface area contributed by atoms with E-state index in [0.717, 1.165) is 43.0 Å². The number of rotatable bonds is 21. The number of carboxylic acids is 1. The largest absolute Gasteiger partial charge is 0.489 e. The van der Waals surface area contributed by atoms with Crippen molar-refractivity contribution in [2.75, 3.05) is 4.72 Å². The van der Waals surface area contributed by atoms with Crippen LogP contribution >= 0.6 is 0 Å². The minimum Gasteiger partial charge on any atom is -0.489 e. The second-order valence-corrected chi connectivity index (χ2v) is 14.4. The van der Waals surface area contributed by atoms with Gasteiger partial charge in [-0.05, 0) is 75.4 Å². The summed E-state index contributed by atoms with van der Waals surface area (Å²) in [6, 6.07) is 14.4. The molecule has 0 atom stereocenters. The Balaban J connectivity index is 1.23. The predicted molar refractivity (Wildman–Crippen MR) is 182 cm³/mol. The number of aryl methyl sites for hydroxylation is 1. The van der Waals surface area contributed by atoms with Gasteiger partial charge in [0.05, 0.1) is 10.5 Å². The molecule has 0 aliphatic rings. The van der Waals surface area contributed by atoms with Crippen LogP contribution in [0, 0.1) is 0 Å². The van der Waals surface area contributed by atoms with Crippen molar-refractivity contribution in [1.82, 2.24) is 9.97 Å². The zero-order valence-corrected chi connectivity index (χ0v) is 28.7. The Labute approximate surface area is 279 Å². The number of carbonyl (C=O) groups is 2. The van der Waals surface area contributed by atoms with Crippen LogP contribution in [0.15, 0.2) is 65.8 Å². The van der Waals surface area contributed by atoms with Crippen molar-refractivity contribution in [3.05, 3.63) is 77.6 Å². The second kappa shape index (κ2) is 19.0. The molecule has 0 unspecified atom stereocenters. The Bertz CT molecular complexity index is 1490. The number of sulfonamides is 1. The highest BCUT2D eigenvalue weighted by Gasteiger charge is 2.17. The van der Waals surface area contributed by atoms with Gasteiger partial charge in [-0.15, -0.1) is 0 Å². The highest BCUT2D eigenvalue weighted by Crippen LogP contribution is 2.19. The van der Waals surface area contributed by atoms with Crippen LogP contribution in [0.1, 0.15) is 119 Å². The molecule has 0 aliphatic heterocycles. The summed E-state index contributed by atoms with van der Waals surface area (Å²) in [4.78, 5) is 30.2. The molecule has 0 radical (unpaired) electrons. The summed E-state index contributed by atoms with van der Waals surface area (Å²) >= 11 is 0. The summed E-state index contributed by atoms with van der Waals surface area (Å²) in [7, 11) is -3.94. The van der Waals surface area contributed by atoms with E-state index in [1.54, 1.807) is 12.1 Å². The third-order valence-corrected chi connectivity index (χ3v) is 8.80. The number of aromatic nitrogens is 2. The summed E-state index contributed by atoms with van der Waals surface area (Å²) in [6.45, 7) is 6.01. The van der Waals surface area contributed by atoms with Gasteiger partial charge < -0.3 is 14.6 Å². The lowest BCUT2D eigenvalue weighted by Gasteiger charge is -2.19. The van der Waals surface area contributed by atoms with E-state index >= 15 is 0 Å². The fourth-order valence-electron chi connectivity index (χ4n) is 4.94. The number of hydrogen-bond acceptors (Lipinski definition) is 8. The topological polar surface area (TPSA) is 145 Å². The van der Waals surface area contributed by atoms with Crippen LogP contribution in [0.25, 0.3) is 0 Å². The van der Waals surface area contributed by atoms with Gasteiger partial charge in [0.2, 0.25) is 5.95 Å². The molecule has 3 rings (SSSR count). The lowest BCUT2D eigenvalue weighted by atomic mass is 10.0. The Morgan fingerprint density at radius 1 is 0.745 bits per heavy atom. The molecule has 0 amide bonds. The Morgan fingerprint density at radius 3 is 1.79 bits per heavy atom. The molecule has 10 nitrogen and oxygen atoms in total. The lowest BCUT2D eigenvalue weighted by molar-refractivity contribution is -0.154. The molecule has 1 aromatic heterocycles. The van der Waals surface area contributed by atoms with Crippen LogP contribution in [0.3, 0.4) is 0 Å². The van der Waals surface area contributed by atoms with Crippen molar-refractivity contribution in [3.8, 4) is 5.75 Å². The van der Waals surface area contributed by atoms with E-state index in [-0.39, 0.29) is 22.4 Å². The van der Waals surface area contributed by atoms with Gasteiger partial charge in [-0.1, -0.05) is 82.1 Å². The number of anilines is 1. The number of carbonyl (C=O) groups excluding carboxylic acids is 1. The van der Waals surface area contributed by atoms with Crippen LogP contribution in [-0.4, -0.2) is 41.0 Å². The van der Waals surface area contributed by atoms with E-state index < -0.39 is 21.6 Å². The smallest absolute Gasteiger partial charge is 0.338 e. The SMILES string of the molecule is CC(C)(C)OC(=O)CCCCCCCCCCCCCc1ccc(OCc2ccc(S(=O)(=O)Nc3ncc(C(=O)O)cn3)cc2)cc1. The lowest BCUT2D eigenvalue weighted by Crippen LogP contribution is -2.23. The van der Waals surface area contributed by atoms with Crippen LogP contribution in [0.2, 0.25) is 0 Å². The number of esters is 1. The maximum atomic E-state index is 12.6. The van der Waals surface area contributed by atoms with Gasteiger partial charge in [-0.25, -0.2) is 27.9 Å². The van der Waals surface area contributed by atoms with E-state index in [2.05, 4.69) is 26.8 Å². The monoisotopic (exact) mass is 667 g/mol. The van der Waals surface area contributed by atoms with Gasteiger partial charge in [-0.2, -0.15) is 0 Å². The van der Waals surface area contributed by atoms with E-state index in [4.69, 9.17) is 14.6 Å². The van der Waals surface area contributed by atoms with E-state index in [0.29, 0.717) is 13.0 Å². The van der Waals surface area contributed by atoms with Gasteiger partial charge in [-0.3, -0.25) is 4.79 Å². The first-order chi connectivity index (χ1) is 22.4. The number of ether oxygens (including phenoxy) is 2. The molecule has 11 heteroatoms. The van der Waals surface area contributed by atoms with Crippen LogP contribution in [0.4, 0.5) is 5.95 Å². The molecule has 0 bridgehead atoms. The summed E-state index contributed by atoms with van der Waals surface area (Å²) in [5.74, 6) is -0.752. The van der Waals surface area contributed by atoms with E-state index in [1.807, 2.05) is 32.9 Å². The third-order valence-electron chi connectivity index (χ3n) is 7.45. The number of nitrogens with zero attached hydrogens (tertiary/aromatic N) is 2. The average Bonchev–Trinajstić information content (AvgIpc) is 3.02. The summed E-state index contributed by atoms with van der Waals surface area (Å²) in [5, 5.41) is 8.92. The molecule has 2 N–H and O–H groups in total. The van der Waals surface area contributed by atoms with Gasteiger partial charge in [0.25, 0.3) is 10.0 Å². The predicted octanol–water partition coefficient (Wildman–Crippen LogP) is 8.12. The van der Waals surface area contributed by atoms with Crippen LogP contribution < -0.4 is 9.46 Å². The minimum atomic E-state index is -3.94. The fourth-order valence-corrected chi connectivity index (χ4v) is 5.89. The Kier molecular flexibility index (Phi) is 15.1. The Hall–Kier alpha value is -3.99. The highest BCUT2D eigenvalue weighted by atomic mass is 32.2. The molecule has 0 aliphatic carbocycles. The first-order valence-electron chi connectivity index (χ1n) is 16.5. The summed E-state index contributed by atoms with van der Waals surface area (Å²) in [5.41, 5.74) is 1.56. The molecule has 1 heterocycles. The zero-order chi connectivity index (χ0) is 34.1. The van der Waals surface area contributed by atoms with E-state index in [1.165, 1.54) is 75.5 Å². The van der Waals surface area contributed by atoms with Crippen LogP contribution in [0.5, 0.6) is 5.75 Å². The van der Waals surface area contributed by atoms with Gasteiger partial charge in [0.1, 0.15) is 18.0 Å². The van der Waals surface area contributed by atoms with Gasteiger partial charge >= 0.3 is 11.9 Å². The highest BCUT2D eigenvalue weighted by molar-refractivity contribution is 7.92. The number of unbranched alkanes of at least 4 members (excludes halogenated alkanes) is 10. The Morgan fingerprint density at radius 2 is 1.26 bits per heavy atom. The second-order valence-electron chi connectivity index (χ2n) is 12.8. The first-order valence-corrected chi connectivity index (χ1v) is 18.0. The van der Waals surface area contributed by atoms with Crippen molar-refractivity contribution >= 4 is 27.9 Å². The molecular formula is C36H49N3O7S. The molecular weight excluding hydrogens is 618 g/mol. The fraction of sp³-hybridized carbons (Fsp3) is 0.500. The number of aromatic carboxylic acids is 1. The van der Waals surface area contributed by atoms with Crippen LogP contribution in [-0.2, 0) is 32.6 Å². The number of nitrogens with one attached hydrogen (secondary N) is 1. The van der Waals surface area contributed by atoms with Gasteiger partial charge in [0.15, 0.2) is 0 Å². The molecule has 3 aromatic rings. The van der Waals surface area contributed by atoms with Crippen molar-refractivity contribution in [2.24, 2.45) is 0 Å². The van der Waals surface area contributed by atoms with E-state index in [9.17, 15) is 18.0 Å². The summed E-state index contributed by atoms with van der Waals surface area (Å²) < 4.78 is 38.8. The van der Waals surface area contributed by atoms with Crippen molar-refractivity contribution in [3.63, 3.8) is 0 Å². The molecule has 0 fully saturated rings.